The summed E-state index contributed by atoms with van der Waals surface area (Å²) in [5.74, 6) is -1.64. The predicted molar refractivity (Wildman–Crippen MR) is 61.5 cm³/mol. The van der Waals surface area contributed by atoms with Gasteiger partial charge in [-0.25, -0.2) is 9.18 Å². The average Bonchev–Trinajstić information content (AvgIpc) is 2.34. The summed E-state index contributed by atoms with van der Waals surface area (Å²) in [4.78, 5) is 22.5. The summed E-state index contributed by atoms with van der Waals surface area (Å²) in [6, 6.07) is 2.95. The number of esters is 1. The van der Waals surface area contributed by atoms with Gasteiger partial charge in [0.2, 0.25) is 5.91 Å². The van der Waals surface area contributed by atoms with Gasteiger partial charge < -0.3 is 14.8 Å². The summed E-state index contributed by atoms with van der Waals surface area (Å²) >= 11 is 0. The highest BCUT2D eigenvalue weighted by Crippen LogP contribution is 2.22. The number of rotatable bonds is 4. The smallest absolute Gasteiger partial charge is 0.333 e. The number of hydrogen-bond acceptors (Lipinski definition) is 4. The number of amides is 1. The molecule has 1 rings (SSSR count). The van der Waals surface area contributed by atoms with Crippen molar-refractivity contribution in [2.45, 2.75) is 13.0 Å². The maximum absolute atomic E-state index is 13.5. The van der Waals surface area contributed by atoms with Gasteiger partial charge in [-0.1, -0.05) is 6.07 Å². The summed E-state index contributed by atoms with van der Waals surface area (Å²) in [6.45, 7) is 1.26. The third-order valence-electron chi connectivity index (χ3n) is 2.29. The second-order valence-corrected chi connectivity index (χ2v) is 3.55. The number of benzene rings is 1. The summed E-state index contributed by atoms with van der Waals surface area (Å²) in [5, 5.41) is 2.39. The number of carbonyl (C=O) groups is 2. The molecule has 0 heterocycles. The van der Waals surface area contributed by atoms with Gasteiger partial charge in [0, 0.05) is 6.92 Å². The van der Waals surface area contributed by atoms with E-state index in [1.807, 2.05) is 0 Å². The Hall–Kier alpha value is -2.11. The van der Waals surface area contributed by atoms with E-state index in [0.29, 0.717) is 0 Å². The standard InChI is InChI=1S/C12H14FNO4/c1-7(15)14-11(12(16)18-3)8-4-5-10(17-2)9(13)6-8/h4-6,11H,1-3H3,(H,14,15). The SMILES string of the molecule is COC(=O)C(NC(C)=O)c1ccc(OC)c(F)c1. The van der Waals surface area contributed by atoms with Crippen LogP contribution in [0.3, 0.4) is 0 Å². The molecule has 1 unspecified atom stereocenters. The lowest BCUT2D eigenvalue weighted by Crippen LogP contribution is -2.33. The first-order valence-corrected chi connectivity index (χ1v) is 5.18. The minimum absolute atomic E-state index is 0.0604. The molecule has 0 aliphatic carbocycles. The van der Waals surface area contributed by atoms with Crippen molar-refractivity contribution in [1.82, 2.24) is 5.32 Å². The van der Waals surface area contributed by atoms with E-state index in [4.69, 9.17) is 4.74 Å². The van der Waals surface area contributed by atoms with Crippen molar-refractivity contribution in [3.8, 4) is 5.75 Å². The lowest BCUT2D eigenvalue weighted by Gasteiger charge is -2.16. The van der Waals surface area contributed by atoms with Crippen molar-refractivity contribution in [2.24, 2.45) is 0 Å². The van der Waals surface area contributed by atoms with Gasteiger partial charge in [-0.3, -0.25) is 4.79 Å². The fourth-order valence-electron chi connectivity index (χ4n) is 1.46. The van der Waals surface area contributed by atoms with Gasteiger partial charge in [-0.2, -0.15) is 0 Å². The van der Waals surface area contributed by atoms with Crippen LogP contribution in [0.25, 0.3) is 0 Å². The highest BCUT2D eigenvalue weighted by atomic mass is 19.1. The van der Waals surface area contributed by atoms with Gasteiger partial charge in [-0.05, 0) is 17.7 Å². The van der Waals surface area contributed by atoms with E-state index in [1.165, 1.54) is 33.3 Å². The van der Waals surface area contributed by atoms with Gasteiger partial charge in [-0.15, -0.1) is 0 Å². The molecule has 0 saturated heterocycles. The Bertz CT molecular complexity index is 461. The molecule has 0 spiro atoms. The second-order valence-electron chi connectivity index (χ2n) is 3.55. The Morgan fingerprint density at radius 3 is 2.44 bits per heavy atom. The van der Waals surface area contributed by atoms with Crippen LogP contribution in [0, 0.1) is 5.82 Å². The van der Waals surface area contributed by atoms with Gasteiger partial charge in [0.25, 0.3) is 0 Å². The largest absolute Gasteiger partial charge is 0.494 e. The van der Waals surface area contributed by atoms with Crippen LogP contribution < -0.4 is 10.1 Å². The zero-order valence-corrected chi connectivity index (χ0v) is 10.3. The van der Waals surface area contributed by atoms with Crippen LogP contribution in [0.15, 0.2) is 18.2 Å². The highest BCUT2D eigenvalue weighted by Gasteiger charge is 2.23. The molecular weight excluding hydrogens is 241 g/mol. The van der Waals surface area contributed by atoms with Crippen LogP contribution in [0.1, 0.15) is 18.5 Å². The second kappa shape index (κ2) is 6.00. The first-order valence-electron chi connectivity index (χ1n) is 5.18. The monoisotopic (exact) mass is 255 g/mol. The van der Waals surface area contributed by atoms with E-state index >= 15 is 0 Å². The van der Waals surface area contributed by atoms with Crippen molar-refractivity contribution in [3.05, 3.63) is 29.6 Å². The molecular formula is C12H14FNO4. The fraction of sp³-hybridized carbons (Fsp3) is 0.333. The van der Waals surface area contributed by atoms with E-state index in [2.05, 4.69) is 10.1 Å². The number of ether oxygens (including phenoxy) is 2. The first kappa shape index (κ1) is 14.0. The lowest BCUT2D eigenvalue weighted by atomic mass is 10.1. The van der Waals surface area contributed by atoms with Gasteiger partial charge >= 0.3 is 5.97 Å². The zero-order chi connectivity index (χ0) is 13.7. The van der Waals surface area contributed by atoms with Crippen LogP contribution in [0.4, 0.5) is 4.39 Å². The van der Waals surface area contributed by atoms with E-state index < -0.39 is 23.7 Å². The Labute approximate surface area is 104 Å². The Morgan fingerprint density at radius 1 is 1.33 bits per heavy atom. The number of nitrogens with one attached hydrogen (secondary N) is 1. The van der Waals surface area contributed by atoms with E-state index in [-0.39, 0.29) is 11.3 Å². The van der Waals surface area contributed by atoms with Crippen LogP contribution in [0.2, 0.25) is 0 Å². The molecule has 1 N–H and O–H groups in total. The molecule has 1 aromatic carbocycles. The topological polar surface area (TPSA) is 64.6 Å². The quantitative estimate of drug-likeness (QED) is 0.821. The molecule has 0 bridgehead atoms. The highest BCUT2D eigenvalue weighted by molar-refractivity contribution is 5.84. The fourth-order valence-corrected chi connectivity index (χ4v) is 1.46. The van der Waals surface area contributed by atoms with Crippen LogP contribution in [0.5, 0.6) is 5.75 Å². The average molecular weight is 255 g/mol. The number of carbonyl (C=O) groups excluding carboxylic acids is 2. The molecule has 1 atom stereocenters. The molecule has 0 aliphatic rings. The Kier molecular flexibility index (Phi) is 4.65. The Balaban J connectivity index is 3.08. The zero-order valence-electron chi connectivity index (χ0n) is 10.3. The van der Waals surface area contributed by atoms with Crippen molar-refractivity contribution in [2.75, 3.05) is 14.2 Å². The minimum Gasteiger partial charge on any atom is -0.494 e. The maximum Gasteiger partial charge on any atom is 0.333 e. The maximum atomic E-state index is 13.5. The molecule has 0 saturated carbocycles. The van der Waals surface area contributed by atoms with E-state index in [0.717, 1.165) is 6.07 Å². The minimum atomic E-state index is -1.03. The summed E-state index contributed by atoms with van der Waals surface area (Å²) in [7, 11) is 2.53. The molecule has 18 heavy (non-hydrogen) atoms. The molecule has 0 radical (unpaired) electrons. The predicted octanol–water partition coefficient (Wildman–Crippen LogP) is 1.18. The Morgan fingerprint density at radius 2 is 2.00 bits per heavy atom. The lowest BCUT2D eigenvalue weighted by molar-refractivity contribution is -0.145. The third-order valence-corrected chi connectivity index (χ3v) is 2.29. The molecule has 0 aliphatic heterocycles. The molecule has 0 fully saturated rings. The molecule has 0 aromatic heterocycles. The molecule has 1 amide bonds. The third kappa shape index (κ3) is 3.19. The first-order chi connectivity index (χ1) is 8.49. The van der Waals surface area contributed by atoms with E-state index in [9.17, 15) is 14.0 Å². The summed E-state index contributed by atoms with van der Waals surface area (Å²) < 4.78 is 22.9. The normalized spacial score (nSPS) is 11.6. The van der Waals surface area contributed by atoms with Crippen LogP contribution in [-0.2, 0) is 14.3 Å². The van der Waals surface area contributed by atoms with E-state index in [1.54, 1.807) is 0 Å². The molecule has 98 valence electrons. The van der Waals surface area contributed by atoms with Gasteiger partial charge in [0.1, 0.15) is 0 Å². The van der Waals surface area contributed by atoms with Gasteiger partial charge in [0.15, 0.2) is 17.6 Å². The van der Waals surface area contributed by atoms with Crippen molar-refractivity contribution in [3.63, 3.8) is 0 Å². The molecule has 1 aromatic rings. The molecule has 5 nitrogen and oxygen atoms in total. The van der Waals surface area contributed by atoms with Crippen LogP contribution in [-0.4, -0.2) is 26.1 Å². The van der Waals surface area contributed by atoms with Crippen LogP contribution >= 0.6 is 0 Å². The van der Waals surface area contributed by atoms with Gasteiger partial charge in [0.05, 0.1) is 14.2 Å². The van der Waals surface area contributed by atoms with Crippen molar-refractivity contribution in [1.29, 1.82) is 0 Å². The number of halogens is 1. The number of hydrogen-bond donors (Lipinski definition) is 1. The van der Waals surface area contributed by atoms with Crippen molar-refractivity contribution < 1.29 is 23.5 Å². The van der Waals surface area contributed by atoms with Crippen molar-refractivity contribution >= 4 is 11.9 Å². The summed E-state index contributed by atoms with van der Waals surface area (Å²) in [6.07, 6.45) is 0. The summed E-state index contributed by atoms with van der Waals surface area (Å²) in [5.41, 5.74) is 0.287. The number of methoxy groups -OCH3 is 2. The molecule has 6 heteroatoms.